The van der Waals surface area contributed by atoms with Crippen molar-refractivity contribution >= 4 is 45.1 Å². The predicted octanol–water partition coefficient (Wildman–Crippen LogP) is 1.85. The highest BCUT2D eigenvalue weighted by Gasteiger charge is 2.28. The van der Waals surface area contributed by atoms with E-state index in [2.05, 4.69) is 4.98 Å². The third-order valence-corrected chi connectivity index (χ3v) is 6.18. The second kappa shape index (κ2) is 6.09. The van der Waals surface area contributed by atoms with E-state index in [9.17, 15) is 14.4 Å². The summed E-state index contributed by atoms with van der Waals surface area (Å²) >= 11 is 2.91. The van der Waals surface area contributed by atoms with Crippen LogP contribution in [0.2, 0.25) is 0 Å². The highest BCUT2D eigenvalue weighted by atomic mass is 32.2. The molecule has 3 rings (SSSR count). The average Bonchev–Trinajstić information content (AvgIpc) is 2.97. The van der Waals surface area contributed by atoms with E-state index in [0.717, 1.165) is 15.3 Å². The Morgan fingerprint density at radius 2 is 1.83 bits per heavy atom. The van der Waals surface area contributed by atoms with E-state index in [1.807, 2.05) is 13.8 Å². The van der Waals surface area contributed by atoms with Gasteiger partial charge in [-0.1, -0.05) is 11.8 Å². The molecule has 0 atom stereocenters. The summed E-state index contributed by atoms with van der Waals surface area (Å²) in [4.78, 5) is 43.4. The van der Waals surface area contributed by atoms with Gasteiger partial charge >= 0.3 is 0 Å². The lowest BCUT2D eigenvalue weighted by atomic mass is 10.2. The Kier molecular flexibility index (Phi) is 4.29. The molecule has 2 aromatic heterocycles. The van der Waals surface area contributed by atoms with Crippen LogP contribution >= 0.6 is 23.1 Å². The molecule has 0 spiro atoms. The lowest BCUT2D eigenvalue weighted by molar-refractivity contribution is -0.137. The molecule has 23 heavy (non-hydrogen) atoms. The summed E-state index contributed by atoms with van der Waals surface area (Å²) in [5.41, 5.74) is 0.940. The Bertz CT molecular complexity index is 853. The van der Waals surface area contributed by atoms with Crippen molar-refractivity contribution in [1.82, 2.24) is 14.5 Å². The molecule has 0 saturated carbocycles. The number of carbonyl (C=O) groups excluding carboxylic acids is 2. The number of carbonyl (C=O) groups is 2. The number of likely N-dealkylation sites (tertiary alicyclic amines) is 1. The van der Waals surface area contributed by atoms with Crippen molar-refractivity contribution in [2.75, 3.05) is 12.3 Å². The molecule has 1 aliphatic heterocycles. The summed E-state index contributed by atoms with van der Waals surface area (Å²) in [5.74, 6) is 0.307. The molecule has 122 valence electrons. The third kappa shape index (κ3) is 2.81. The fourth-order valence-corrected chi connectivity index (χ4v) is 4.55. The van der Waals surface area contributed by atoms with E-state index in [1.54, 1.807) is 11.6 Å². The van der Waals surface area contributed by atoms with Crippen LogP contribution in [0.4, 0.5) is 0 Å². The third-order valence-electron chi connectivity index (χ3n) is 4.07. The summed E-state index contributed by atoms with van der Waals surface area (Å²) in [6.07, 6.45) is 0.611. The van der Waals surface area contributed by atoms with Crippen LogP contribution in [0, 0.1) is 13.8 Å². The molecule has 6 nitrogen and oxygen atoms in total. The van der Waals surface area contributed by atoms with Gasteiger partial charge in [0, 0.05) is 37.1 Å². The van der Waals surface area contributed by atoms with Gasteiger partial charge in [0.05, 0.1) is 5.39 Å². The van der Waals surface area contributed by atoms with Gasteiger partial charge in [0.1, 0.15) is 4.83 Å². The molecule has 2 aromatic rings. The van der Waals surface area contributed by atoms with E-state index in [1.165, 1.54) is 28.0 Å². The fourth-order valence-electron chi connectivity index (χ4n) is 2.59. The number of thiophene rings is 1. The highest BCUT2D eigenvalue weighted by Crippen LogP contribution is 2.28. The first-order valence-corrected chi connectivity index (χ1v) is 9.13. The molecular weight excluding hydrogens is 334 g/mol. The SMILES string of the molecule is Cc1sc2nc(SCCN3C(=O)CCC3=O)n(C)c(=O)c2c1C. The molecule has 8 heteroatoms. The maximum absolute atomic E-state index is 12.5. The Hall–Kier alpha value is -1.67. The number of aryl methyl sites for hydroxylation is 2. The molecule has 0 aromatic carbocycles. The number of hydrogen-bond donors (Lipinski definition) is 0. The predicted molar refractivity (Wildman–Crippen MR) is 91.0 cm³/mol. The lowest BCUT2D eigenvalue weighted by Crippen LogP contribution is -2.31. The first kappa shape index (κ1) is 16.2. The number of hydrogen-bond acceptors (Lipinski definition) is 6. The van der Waals surface area contributed by atoms with Gasteiger partial charge in [0.25, 0.3) is 5.56 Å². The second-order valence-corrected chi connectivity index (χ2v) is 7.77. The number of imide groups is 1. The normalized spacial score (nSPS) is 15.2. The zero-order valence-corrected chi connectivity index (χ0v) is 14.8. The van der Waals surface area contributed by atoms with E-state index in [0.29, 0.717) is 35.7 Å². The Morgan fingerprint density at radius 1 is 1.17 bits per heavy atom. The fraction of sp³-hybridized carbons (Fsp3) is 0.467. The molecule has 1 aliphatic rings. The van der Waals surface area contributed by atoms with Crippen molar-refractivity contribution in [3.05, 3.63) is 20.8 Å². The minimum Gasteiger partial charge on any atom is -0.290 e. The standard InChI is InChI=1S/C15H17N3O3S2/c1-8-9(2)23-13-12(8)14(21)17(3)15(16-13)22-7-6-18-10(19)4-5-11(18)20/h4-7H2,1-3H3. The van der Waals surface area contributed by atoms with Crippen molar-refractivity contribution in [3.63, 3.8) is 0 Å². The van der Waals surface area contributed by atoms with Gasteiger partial charge in [0.2, 0.25) is 11.8 Å². The second-order valence-electron chi connectivity index (χ2n) is 5.51. The van der Waals surface area contributed by atoms with Crippen LogP contribution in [0.5, 0.6) is 0 Å². The van der Waals surface area contributed by atoms with Gasteiger partial charge in [-0.2, -0.15) is 0 Å². The van der Waals surface area contributed by atoms with Crippen LogP contribution in [0.25, 0.3) is 10.2 Å². The van der Waals surface area contributed by atoms with Crippen molar-refractivity contribution in [3.8, 4) is 0 Å². The van der Waals surface area contributed by atoms with Gasteiger partial charge in [0.15, 0.2) is 5.16 Å². The van der Waals surface area contributed by atoms with Crippen molar-refractivity contribution in [2.24, 2.45) is 7.05 Å². The van der Waals surface area contributed by atoms with Crippen LogP contribution in [-0.2, 0) is 16.6 Å². The number of fused-ring (bicyclic) bond motifs is 1. The molecule has 2 amide bonds. The molecular formula is C15H17N3O3S2. The number of amides is 2. The van der Waals surface area contributed by atoms with Crippen LogP contribution in [0.1, 0.15) is 23.3 Å². The summed E-state index contributed by atoms with van der Waals surface area (Å²) in [7, 11) is 1.70. The Labute approximate surface area is 141 Å². The van der Waals surface area contributed by atoms with Crippen molar-refractivity contribution in [2.45, 2.75) is 31.8 Å². The monoisotopic (exact) mass is 351 g/mol. The Balaban J connectivity index is 1.81. The number of rotatable bonds is 4. The van der Waals surface area contributed by atoms with Gasteiger partial charge in [-0.15, -0.1) is 11.3 Å². The minimum absolute atomic E-state index is 0.0484. The topological polar surface area (TPSA) is 72.3 Å². The van der Waals surface area contributed by atoms with Crippen LogP contribution in [-0.4, -0.2) is 38.6 Å². The van der Waals surface area contributed by atoms with E-state index < -0.39 is 0 Å². The largest absolute Gasteiger partial charge is 0.290 e. The van der Waals surface area contributed by atoms with Gasteiger partial charge in [-0.05, 0) is 19.4 Å². The summed E-state index contributed by atoms with van der Waals surface area (Å²) in [5, 5.41) is 1.30. The number of aromatic nitrogens is 2. The molecule has 3 heterocycles. The zero-order chi connectivity index (χ0) is 16.7. The van der Waals surface area contributed by atoms with Crippen LogP contribution in [0.15, 0.2) is 9.95 Å². The summed E-state index contributed by atoms with van der Waals surface area (Å²) in [6, 6.07) is 0. The molecule has 0 bridgehead atoms. The molecule has 0 radical (unpaired) electrons. The smallest absolute Gasteiger partial charge is 0.262 e. The maximum atomic E-state index is 12.5. The van der Waals surface area contributed by atoms with Crippen LogP contribution in [0.3, 0.4) is 0 Å². The molecule has 1 fully saturated rings. The van der Waals surface area contributed by atoms with E-state index in [-0.39, 0.29) is 17.4 Å². The maximum Gasteiger partial charge on any atom is 0.262 e. The molecule has 1 saturated heterocycles. The van der Waals surface area contributed by atoms with Gasteiger partial charge in [-0.25, -0.2) is 4.98 Å². The zero-order valence-electron chi connectivity index (χ0n) is 13.2. The lowest BCUT2D eigenvalue weighted by Gasteiger charge is -2.13. The van der Waals surface area contributed by atoms with E-state index in [4.69, 9.17) is 0 Å². The molecule has 0 aliphatic carbocycles. The minimum atomic E-state index is -0.114. The quantitative estimate of drug-likeness (QED) is 0.478. The molecule has 0 N–H and O–H groups in total. The van der Waals surface area contributed by atoms with Crippen molar-refractivity contribution < 1.29 is 9.59 Å². The summed E-state index contributed by atoms with van der Waals surface area (Å²) < 4.78 is 1.54. The summed E-state index contributed by atoms with van der Waals surface area (Å²) in [6.45, 7) is 4.28. The highest BCUT2D eigenvalue weighted by molar-refractivity contribution is 7.99. The molecule has 0 unspecified atom stereocenters. The first-order chi connectivity index (χ1) is 10.9. The number of nitrogens with zero attached hydrogens (tertiary/aromatic N) is 3. The first-order valence-electron chi connectivity index (χ1n) is 7.33. The number of thioether (sulfide) groups is 1. The van der Waals surface area contributed by atoms with Gasteiger partial charge < -0.3 is 0 Å². The Morgan fingerprint density at radius 3 is 2.48 bits per heavy atom. The van der Waals surface area contributed by atoms with Crippen LogP contribution < -0.4 is 5.56 Å². The average molecular weight is 351 g/mol. The van der Waals surface area contributed by atoms with Crippen molar-refractivity contribution in [1.29, 1.82) is 0 Å². The van der Waals surface area contributed by atoms with E-state index >= 15 is 0 Å². The van der Waals surface area contributed by atoms with Gasteiger partial charge in [-0.3, -0.25) is 23.9 Å².